The molecule has 0 aliphatic carbocycles. The van der Waals surface area contributed by atoms with Gasteiger partial charge in [0, 0.05) is 0 Å². The van der Waals surface area contributed by atoms with Crippen molar-refractivity contribution in [3.8, 4) is 0 Å². The second-order valence-electron chi connectivity index (χ2n) is 2.77. The summed E-state index contributed by atoms with van der Waals surface area (Å²) in [6, 6.07) is 3.01. The van der Waals surface area contributed by atoms with Gasteiger partial charge in [-0.2, -0.15) is 22.8 Å². The maximum atomic E-state index is 12.3. The van der Waals surface area contributed by atoms with Crippen LogP contribution in [-0.2, 0) is 6.18 Å². The average Bonchev–Trinajstić information content (AvgIpc) is 2.45. The largest absolute Gasteiger partial charge is 0.453 e. The molecular weight excluding hydrogens is 197 g/mol. The number of rotatable bonds is 0. The number of alkyl halides is 3. The minimum atomic E-state index is -4.53. The summed E-state index contributed by atoms with van der Waals surface area (Å²) in [5, 5.41) is 10.1. The zero-order valence-corrected chi connectivity index (χ0v) is 7.08. The van der Waals surface area contributed by atoms with Crippen LogP contribution in [0.15, 0.2) is 12.1 Å². The normalized spacial score (nSPS) is 12.3. The van der Waals surface area contributed by atoms with E-state index in [1.54, 1.807) is 13.0 Å². The zero-order valence-electron chi connectivity index (χ0n) is 7.08. The third kappa shape index (κ3) is 1.30. The Morgan fingerprint density at radius 2 is 1.93 bits per heavy atom. The monoisotopic (exact) mass is 202 g/mol. The van der Waals surface area contributed by atoms with E-state index in [9.17, 15) is 13.2 Å². The molecule has 0 unspecified atom stereocenters. The van der Waals surface area contributed by atoms with E-state index < -0.39 is 12.0 Å². The molecule has 0 saturated heterocycles. The Labute approximate surface area is 76.4 Å². The highest BCUT2D eigenvalue weighted by Gasteiger charge is 2.37. The maximum Gasteiger partial charge on any atom is 0.453 e. The van der Waals surface area contributed by atoms with Crippen molar-refractivity contribution in [1.82, 2.24) is 19.8 Å². The minimum absolute atomic E-state index is 0.0860. The van der Waals surface area contributed by atoms with Crippen LogP contribution in [0.4, 0.5) is 13.2 Å². The van der Waals surface area contributed by atoms with Crippen LogP contribution >= 0.6 is 0 Å². The second-order valence-corrected chi connectivity index (χ2v) is 2.77. The molecule has 14 heavy (non-hydrogen) atoms. The number of nitrogens with zero attached hydrogens (tertiary/aromatic N) is 4. The Morgan fingerprint density at radius 1 is 1.21 bits per heavy atom. The molecule has 0 radical (unpaired) electrons. The molecule has 0 aromatic carbocycles. The molecule has 0 spiro atoms. The SMILES string of the molecule is Cc1ccc2nnc(C(F)(F)F)n2n1. The van der Waals surface area contributed by atoms with E-state index in [0.29, 0.717) is 10.2 Å². The first-order chi connectivity index (χ1) is 6.48. The van der Waals surface area contributed by atoms with Gasteiger partial charge >= 0.3 is 6.18 Å². The Morgan fingerprint density at radius 3 is 2.57 bits per heavy atom. The third-order valence-corrected chi connectivity index (χ3v) is 1.65. The number of halogens is 3. The van der Waals surface area contributed by atoms with Crippen molar-refractivity contribution < 1.29 is 13.2 Å². The molecule has 0 bridgehead atoms. The Hall–Kier alpha value is -1.66. The summed E-state index contributed by atoms with van der Waals surface area (Å²) in [6.45, 7) is 1.60. The van der Waals surface area contributed by atoms with Crippen molar-refractivity contribution in [3.05, 3.63) is 23.7 Å². The van der Waals surface area contributed by atoms with Gasteiger partial charge in [-0.25, -0.2) is 0 Å². The standard InChI is InChI=1S/C7H5F3N4/c1-4-2-3-5-11-12-6(7(8,9)10)14(5)13-4/h2-3H,1H3. The first-order valence-corrected chi connectivity index (χ1v) is 3.75. The van der Waals surface area contributed by atoms with Gasteiger partial charge in [-0.15, -0.1) is 10.2 Å². The van der Waals surface area contributed by atoms with Crippen LogP contribution in [0, 0.1) is 6.92 Å². The summed E-state index contributed by atoms with van der Waals surface area (Å²) in [6.07, 6.45) is -4.53. The minimum Gasteiger partial charge on any atom is -0.189 e. The van der Waals surface area contributed by atoms with E-state index in [4.69, 9.17) is 0 Å². The molecule has 0 aliphatic rings. The van der Waals surface area contributed by atoms with E-state index in [0.717, 1.165) is 0 Å². The molecule has 0 amide bonds. The summed E-state index contributed by atoms with van der Waals surface area (Å²) < 4.78 is 37.6. The lowest BCUT2D eigenvalue weighted by molar-refractivity contribution is -0.146. The molecule has 0 atom stereocenters. The molecule has 4 nitrogen and oxygen atoms in total. The molecule has 2 heterocycles. The van der Waals surface area contributed by atoms with Crippen LogP contribution in [0.2, 0.25) is 0 Å². The fourth-order valence-corrected chi connectivity index (χ4v) is 1.06. The lowest BCUT2D eigenvalue weighted by atomic mass is 10.4. The highest BCUT2D eigenvalue weighted by Crippen LogP contribution is 2.27. The van der Waals surface area contributed by atoms with Crippen LogP contribution in [0.3, 0.4) is 0 Å². The quantitative estimate of drug-likeness (QED) is 0.649. The van der Waals surface area contributed by atoms with Gasteiger partial charge in [0.15, 0.2) is 5.65 Å². The Bertz CT molecular complexity index is 473. The molecule has 7 heteroatoms. The highest BCUT2D eigenvalue weighted by molar-refractivity contribution is 5.36. The summed E-state index contributed by atoms with van der Waals surface area (Å²) >= 11 is 0. The number of hydrogen-bond donors (Lipinski definition) is 0. The van der Waals surface area contributed by atoms with Crippen molar-refractivity contribution in [2.75, 3.05) is 0 Å². The summed E-state index contributed by atoms with van der Waals surface area (Å²) in [5.74, 6) is -1.10. The van der Waals surface area contributed by atoms with Gasteiger partial charge in [0.05, 0.1) is 5.69 Å². The first-order valence-electron chi connectivity index (χ1n) is 3.75. The zero-order chi connectivity index (χ0) is 10.3. The number of fused-ring (bicyclic) bond motifs is 1. The van der Waals surface area contributed by atoms with Gasteiger partial charge in [0.25, 0.3) is 5.82 Å². The molecule has 0 aliphatic heterocycles. The fourth-order valence-electron chi connectivity index (χ4n) is 1.06. The maximum absolute atomic E-state index is 12.3. The van der Waals surface area contributed by atoms with Gasteiger partial charge in [-0.1, -0.05) is 0 Å². The first kappa shape index (κ1) is 8.92. The third-order valence-electron chi connectivity index (χ3n) is 1.65. The molecule has 2 rings (SSSR count). The molecule has 0 fully saturated rings. The predicted octanol–water partition coefficient (Wildman–Crippen LogP) is 1.45. The van der Waals surface area contributed by atoms with E-state index >= 15 is 0 Å². The fraction of sp³-hybridized carbons (Fsp3) is 0.286. The summed E-state index contributed by atoms with van der Waals surface area (Å²) in [7, 11) is 0. The highest BCUT2D eigenvalue weighted by atomic mass is 19.4. The van der Waals surface area contributed by atoms with E-state index in [1.165, 1.54) is 6.07 Å². The van der Waals surface area contributed by atoms with Crippen molar-refractivity contribution in [1.29, 1.82) is 0 Å². The van der Waals surface area contributed by atoms with Crippen LogP contribution in [0.25, 0.3) is 5.65 Å². The Balaban J connectivity index is 2.73. The Kier molecular flexibility index (Phi) is 1.70. The van der Waals surface area contributed by atoms with Crippen LogP contribution in [-0.4, -0.2) is 19.8 Å². The van der Waals surface area contributed by atoms with Crippen LogP contribution < -0.4 is 0 Å². The molecule has 2 aromatic rings. The number of aromatic nitrogens is 4. The van der Waals surface area contributed by atoms with Gasteiger partial charge in [0.1, 0.15) is 0 Å². The van der Waals surface area contributed by atoms with E-state index in [-0.39, 0.29) is 5.65 Å². The van der Waals surface area contributed by atoms with Gasteiger partial charge < -0.3 is 0 Å². The summed E-state index contributed by atoms with van der Waals surface area (Å²) in [5.41, 5.74) is 0.561. The summed E-state index contributed by atoms with van der Waals surface area (Å²) in [4.78, 5) is 0. The lowest BCUT2D eigenvalue weighted by Crippen LogP contribution is -2.12. The predicted molar refractivity (Wildman–Crippen MR) is 40.5 cm³/mol. The second kappa shape index (κ2) is 2.66. The van der Waals surface area contributed by atoms with E-state index in [1.807, 2.05) is 0 Å². The number of aryl methyl sites for hydroxylation is 1. The van der Waals surface area contributed by atoms with Gasteiger partial charge in [-0.3, -0.25) is 0 Å². The van der Waals surface area contributed by atoms with E-state index in [2.05, 4.69) is 15.3 Å². The van der Waals surface area contributed by atoms with Crippen molar-refractivity contribution >= 4 is 5.65 Å². The molecular formula is C7H5F3N4. The van der Waals surface area contributed by atoms with Gasteiger partial charge in [-0.05, 0) is 19.1 Å². The van der Waals surface area contributed by atoms with Crippen LogP contribution in [0.1, 0.15) is 11.5 Å². The topological polar surface area (TPSA) is 43.1 Å². The average molecular weight is 202 g/mol. The van der Waals surface area contributed by atoms with Crippen molar-refractivity contribution in [2.24, 2.45) is 0 Å². The smallest absolute Gasteiger partial charge is 0.189 e. The molecule has 0 saturated carbocycles. The van der Waals surface area contributed by atoms with Crippen LogP contribution in [0.5, 0.6) is 0 Å². The lowest BCUT2D eigenvalue weighted by Gasteiger charge is -2.02. The number of hydrogen-bond acceptors (Lipinski definition) is 3. The molecule has 2 aromatic heterocycles. The molecule has 74 valence electrons. The molecule has 0 N–H and O–H groups in total. The van der Waals surface area contributed by atoms with Crippen molar-refractivity contribution in [2.45, 2.75) is 13.1 Å². The van der Waals surface area contributed by atoms with Crippen molar-refractivity contribution in [3.63, 3.8) is 0 Å². The van der Waals surface area contributed by atoms with Gasteiger partial charge in [0.2, 0.25) is 0 Å².